The lowest BCUT2D eigenvalue weighted by Gasteiger charge is -2.53. The van der Waals surface area contributed by atoms with Crippen LogP contribution in [0.3, 0.4) is 0 Å². The molecule has 2 atom stereocenters. The molecule has 0 amide bonds. The molecule has 2 saturated heterocycles. The molecule has 1 heteroatoms. The van der Waals surface area contributed by atoms with Crippen LogP contribution >= 0.6 is 0 Å². The van der Waals surface area contributed by atoms with E-state index in [1.54, 1.807) is 0 Å². The Morgan fingerprint density at radius 2 is 2.00 bits per heavy atom. The summed E-state index contributed by atoms with van der Waals surface area (Å²) in [6.45, 7) is 3.64. The molecule has 0 aromatic rings. The lowest BCUT2D eigenvalue weighted by atomic mass is 9.80. The van der Waals surface area contributed by atoms with Gasteiger partial charge in [0, 0.05) is 12.1 Å². The van der Waals surface area contributed by atoms with Crippen LogP contribution in [0.1, 0.15) is 39.0 Å². The molecular formula is C9H17N. The molecule has 0 aromatic heterocycles. The molecule has 1 nitrogen and oxygen atoms in total. The van der Waals surface area contributed by atoms with Crippen molar-refractivity contribution in [3.8, 4) is 0 Å². The van der Waals surface area contributed by atoms with Crippen LogP contribution < -0.4 is 0 Å². The van der Waals surface area contributed by atoms with E-state index >= 15 is 0 Å². The summed E-state index contributed by atoms with van der Waals surface area (Å²) in [6.07, 6.45) is 7.32. The minimum absolute atomic E-state index is 0.999. The summed E-state index contributed by atoms with van der Waals surface area (Å²) in [5.41, 5.74) is 0. The minimum atomic E-state index is 0.999. The summed E-state index contributed by atoms with van der Waals surface area (Å²) in [4.78, 5) is 2.71. The van der Waals surface area contributed by atoms with Gasteiger partial charge in [0.15, 0.2) is 0 Å². The molecule has 2 bridgehead atoms. The normalized spacial score (nSPS) is 39.3. The fraction of sp³-hybridized carbons (Fsp3) is 1.00. The molecule has 58 valence electrons. The summed E-state index contributed by atoms with van der Waals surface area (Å²) in [5, 5.41) is 0. The van der Waals surface area contributed by atoms with E-state index in [1.165, 1.54) is 38.6 Å². The molecule has 2 aliphatic heterocycles. The zero-order chi connectivity index (χ0) is 6.97. The van der Waals surface area contributed by atoms with Crippen LogP contribution in [0.15, 0.2) is 0 Å². The number of rotatable bonds is 2. The van der Waals surface area contributed by atoms with Gasteiger partial charge in [-0.2, -0.15) is 0 Å². The van der Waals surface area contributed by atoms with Gasteiger partial charge in [0.1, 0.15) is 0 Å². The third kappa shape index (κ3) is 0.878. The van der Waals surface area contributed by atoms with Crippen LogP contribution in [0.25, 0.3) is 0 Å². The number of fused-ring (bicyclic) bond motifs is 2. The first-order chi connectivity index (χ1) is 4.92. The standard InChI is InChI=1S/C9H17N/c1-2-6-10-8-4-3-5-9(10)7-8/h8-9H,2-7H2,1H3. The average molecular weight is 139 g/mol. The van der Waals surface area contributed by atoms with Gasteiger partial charge in [-0.3, -0.25) is 4.90 Å². The second-order valence-corrected chi connectivity index (χ2v) is 3.71. The van der Waals surface area contributed by atoms with Crippen molar-refractivity contribution in [3.63, 3.8) is 0 Å². The molecule has 0 spiro atoms. The average Bonchev–Trinajstić information content (AvgIpc) is 2.01. The minimum Gasteiger partial charge on any atom is -0.297 e. The summed E-state index contributed by atoms with van der Waals surface area (Å²) < 4.78 is 0. The summed E-state index contributed by atoms with van der Waals surface area (Å²) in [7, 11) is 0. The highest BCUT2D eigenvalue weighted by Gasteiger charge is 2.39. The van der Waals surface area contributed by atoms with Crippen LogP contribution in [-0.2, 0) is 0 Å². The molecule has 0 N–H and O–H groups in total. The highest BCUT2D eigenvalue weighted by molar-refractivity contribution is 4.96. The predicted octanol–water partition coefficient (Wildman–Crippen LogP) is 2.02. The van der Waals surface area contributed by atoms with Gasteiger partial charge >= 0.3 is 0 Å². The topological polar surface area (TPSA) is 3.24 Å². The summed E-state index contributed by atoms with van der Waals surface area (Å²) in [6, 6.07) is 2.00. The van der Waals surface area contributed by atoms with Gasteiger partial charge in [-0.25, -0.2) is 0 Å². The van der Waals surface area contributed by atoms with Gasteiger partial charge in [0.05, 0.1) is 0 Å². The number of hydrogen-bond acceptors (Lipinski definition) is 1. The van der Waals surface area contributed by atoms with Crippen molar-refractivity contribution in [1.29, 1.82) is 0 Å². The highest BCUT2D eigenvalue weighted by atomic mass is 15.2. The third-order valence-corrected chi connectivity index (χ3v) is 3.04. The Balaban J connectivity index is 1.87. The number of hydrogen-bond donors (Lipinski definition) is 0. The second-order valence-electron chi connectivity index (χ2n) is 3.71. The van der Waals surface area contributed by atoms with Crippen LogP contribution in [0.5, 0.6) is 0 Å². The third-order valence-electron chi connectivity index (χ3n) is 3.04. The van der Waals surface area contributed by atoms with Crippen molar-refractivity contribution in [2.24, 2.45) is 0 Å². The van der Waals surface area contributed by atoms with Gasteiger partial charge in [-0.1, -0.05) is 13.3 Å². The van der Waals surface area contributed by atoms with E-state index in [-0.39, 0.29) is 0 Å². The maximum Gasteiger partial charge on any atom is 0.0113 e. The molecule has 2 unspecified atom stereocenters. The molecule has 10 heavy (non-hydrogen) atoms. The summed E-state index contributed by atoms with van der Waals surface area (Å²) in [5.74, 6) is 0. The Morgan fingerprint density at radius 3 is 2.50 bits per heavy atom. The zero-order valence-electron chi connectivity index (χ0n) is 6.84. The van der Waals surface area contributed by atoms with E-state index < -0.39 is 0 Å². The van der Waals surface area contributed by atoms with E-state index in [1.807, 2.05) is 0 Å². The summed E-state index contributed by atoms with van der Waals surface area (Å²) >= 11 is 0. The fourth-order valence-corrected chi connectivity index (χ4v) is 2.52. The SMILES string of the molecule is CCCN1C2CCCC1C2. The highest BCUT2D eigenvalue weighted by Crippen LogP contribution is 2.37. The first-order valence-corrected chi connectivity index (χ1v) is 4.67. The van der Waals surface area contributed by atoms with Gasteiger partial charge in [0.2, 0.25) is 0 Å². The zero-order valence-corrected chi connectivity index (χ0v) is 6.84. The van der Waals surface area contributed by atoms with Crippen LogP contribution in [0.2, 0.25) is 0 Å². The second kappa shape index (κ2) is 2.54. The molecule has 1 aliphatic carbocycles. The van der Waals surface area contributed by atoms with Gasteiger partial charge in [-0.15, -0.1) is 0 Å². The van der Waals surface area contributed by atoms with Crippen molar-refractivity contribution < 1.29 is 0 Å². The molecule has 2 heterocycles. The molecule has 3 rings (SSSR count). The van der Waals surface area contributed by atoms with Crippen LogP contribution in [0, 0.1) is 0 Å². The van der Waals surface area contributed by atoms with Crippen molar-refractivity contribution in [3.05, 3.63) is 0 Å². The van der Waals surface area contributed by atoms with Gasteiger partial charge < -0.3 is 0 Å². The first-order valence-electron chi connectivity index (χ1n) is 4.67. The van der Waals surface area contributed by atoms with Gasteiger partial charge in [0.25, 0.3) is 0 Å². The van der Waals surface area contributed by atoms with E-state index in [2.05, 4.69) is 11.8 Å². The van der Waals surface area contributed by atoms with Crippen molar-refractivity contribution >= 4 is 0 Å². The van der Waals surface area contributed by atoms with Crippen LogP contribution in [-0.4, -0.2) is 23.5 Å². The number of piperidine rings is 1. The first kappa shape index (κ1) is 6.66. The Hall–Kier alpha value is -0.0400. The smallest absolute Gasteiger partial charge is 0.0113 e. The largest absolute Gasteiger partial charge is 0.297 e. The molecule has 3 fully saturated rings. The Morgan fingerprint density at radius 1 is 1.30 bits per heavy atom. The molecular weight excluding hydrogens is 122 g/mol. The van der Waals surface area contributed by atoms with Crippen LogP contribution in [0.4, 0.5) is 0 Å². The predicted molar refractivity (Wildman–Crippen MR) is 43.0 cm³/mol. The van der Waals surface area contributed by atoms with E-state index in [0.717, 1.165) is 12.1 Å². The molecule has 0 radical (unpaired) electrons. The van der Waals surface area contributed by atoms with E-state index in [4.69, 9.17) is 0 Å². The Labute approximate surface area is 63.4 Å². The van der Waals surface area contributed by atoms with E-state index in [9.17, 15) is 0 Å². The lowest BCUT2D eigenvalue weighted by Crippen LogP contribution is -2.58. The maximum absolute atomic E-state index is 2.71. The molecule has 0 aromatic carbocycles. The lowest BCUT2D eigenvalue weighted by molar-refractivity contribution is -0.0265. The van der Waals surface area contributed by atoms with Gasteiger partial charge in [-0.05, 0) is 32.2 Å². The maximum atomic E-state index is 2.71. The number of nitrogens with zero attached hydrogens (tertiary/aromatic N) is 1. The van der Waals surface area contributed by atoms with Crippen molar-refractivity contribution in [2.75, 3.05) is 6.54 Å². The Kier molecular flexibility index (Phi) is 1.69. The fourth-order valence-electron chi connectivity index (χ4n) is 2.52. The Bertz CT molecular complexity index is 108. The van der Waals surface area contributed by atoms with Crippen molar-refractivity contribution in [1.82, 2.24) is 4.90 Å². The molecule has 3 aliphatic rings. The van der Waals surface area contributed by atoms with Crippen molar-refractivity contribution in [2.45, 2.75) is 51.1 Å². The monoisotopic (exact) mass is 139 g/mol. The quantitative estimate of drug-likeness (QED) is 0.565. The van der Waals surface area contributed by atoms with E-state index in [0.29, 0.717) is 0 Å². The molecule has 1 saturated carbocycles.